The Bertz CT molecular complexity index is 817. The Morgan fingerprint density at radius 2 is 1.79 bits per heavy atom. The first kappa shape index (κ1) is 17.8. The molecule has 0 aliphatic carbocycles. The fraction of sp³-hybridized carbons (Fsp3) is 0.235. The molecule has 0 aromatic heterocycles. The van der Waals surface area contributed by atoms with Crippen LogP contribution < -0.4 is 14.8 Å². The van der Waals surface area contributed by atoms with Gasteiger partial charge in [0.15, 0.2) is 6.10 Å². The number of hydrogen-bond donors (Lipinski definition) is 2. The monoisotopic (exact) mass is 348 g/mol. The van der Waals surface area contributed by atoms with Gasteiger partial charge in [0.05, 0.1) is 4.90 Å². The second kappa shape index (κ2) is 7.35. The van der Waals surface area contributed by atoms with E-state index in [1.165, 1.54) is 31.3 Å². The molecule has 0 fully saturated rings. The second-order valence-corrected chi connectivity index (χ2v) is 7.00. The maximum absolute atomic E-state index is 12.4. The minimum absolute atomic E-state index is 0.115. The first-order valence-corrected chi connectivity index (χ1v) is 8.88. The van der Waals surface area contributed by atoms with E-state index >= 15 is 0 Å². The Balaban J connectivity index is 2.13. The molecule has 2 aromatic carbocycles. The Labute approximate surface area is 141 Å². The lowest BCUT2D eigenvalue weighted by Crippen LogP contribution is -2.33. The van der Waals surface area contributed by atoms with Crippen molar-refractivity contribution < 1.29 is 17.9 Å². The predicted octanol–water partition coefficient (Wildman–Crippen LogP) is 2.31. The molecule has 0 spiro atoms. The molecule has 2 rings (SSSR count). The molecule has 0 radical (unpaired) electrons. The van der Waals surface area contributed by atoms with Crippen molar-refractivity contribution >= 4 is 21.6 Å². The minimum atomic E-state index is -3.68. The van der Waals surface area contributed by atoms with Crippen LogP contribution in [0.5, 0.6) is 5.75 Å². The van der Waals surface area contributed by atoms with Crippen molar-refractivity contribution in [3.63, 3.8) is 0 Å². The summed E-state index contributed by atoms with van der Waals surface area (Å²) in [6.07, 6.45) is -0.664. The smallest absolute Gasteiger partial charge is 0.261 e. The highest BCUT2D eigenvalue weighted by Crippen LogP contribution is 2.20. The normalized spacial score (nSPS) is 12.3. The van der Waals surface area contributed by atoms with Crippen molar-refractivity contribution in [3.05, 3.63) is 54.1 Å². The number of amides is 1. The molecule has 2 N–H and O–H groups in total. The Morgan fingerprint density at radius 1 is 1.12 bits per heavy atom. The average molecular weight is 348 g/mol. The summed E-state index contributed by atoms with van der Waals surface area (Å²) in [7, 11) is -2.16. The summed E-state index contributed by atoms with van der Waals surface area (Å²) < 4.78 is 32.7. The number of benzene rings is 2. The van der Waals surface area contributed by atoms with E-state index in [4.69, 9.17) is 4.74 Å². The first-order valence-electron chi connectivity index (χ1n) is 7.39. The number of nitrogens with one attached hydrogen (secondary N) is 2. The highest BCUT2D eigenvalue weighted by atomic mass is 32.2. The molecule has 0 unspecified atom stereocenters. The van der Waals surface area contributed by atoms with Gasteiger partial charge in [-0.3, -0.25) is 9.52 Å². The topological polar surface area (TPSA) is 84.5 Å². The molecule has 6 nitrogen and oxygen atoms in total. The number of likely N-dealkylation sites (N-methyl/N-ethyl adjacent to an activating group) is 1. The van der Waals surface area contributed by atoms with Crippen molar-refractivity contribution in [2.24, 2.45) is 0 Å². The van der Waals surface area contributed by atoms with Crippen LogP contribution in [0, 0.1) is 6.92 Å². The van der Waals surface area contributed by atoms with E-state index in [-0.39, 0.29) is 10.8 Å². The van der Waals surface area contributed by atoms with Crippen molar-refractivity contribution in [3.8, 4) is 5.75 Å². The summed E-state index contributed by atoms with van der Waals surface area (Å²) in [5, 5.41) is 2.48. The zero-order chi connectivity index (χ0) is 17.7. The van der Waals surface area contributed by atoms with Crippen molar-refractivity contribution in [1.29, 1.82) is 0 Å². The van der Waals surface area contributed by atoms with Gasteiger partial charge in [-0.15, -0.1) is 0 Å². The van der Waals surface area contributed by atoms with Crippen LogP contribution in [-0.4, -0.2) is 27.5 Å². The third-order valence-electron chi connectivity index (χ3n) is 3.33. The molecule has 0 saturated heterocycles. The van der Waals surface area contributed by atoms with Crippen LogP contribution in [0.25, 0.3) is 0 Å². The SMILES string of the molecule is CNC(=O)[C@@H](C)Oc1ccc(S(=O)(=O)Nc2cccc(C)c2)cc1. The van der Waals surface area contributed by atoms with Crippen molar-refractivity contribution in [2.75, 3.05) is 11.8 Å². The summed E-state index contributed by atoms with van der Waals surface area (Å²) in [4.78, 5) is 11.5. The largest absolute Gasteiger partial charge is 0.481 e. The number of hydrogen-bond acceptors (Lipinski definition) is 4. The standard InChI is InChI=1S/C17H20N2O4S/c1-12-5-4-6-14(11-12)19-24(21,22)16-9-7-15(8-10-16)23-13(2)17(20)18-3/h4-11,13,19H,1-3H3,(H,18,20)/t13-/m1/s1. The molecule has 0 saturated carbocycles. The number of anilines is 1. The van der Waals surface area contributed by atoms with Crippen LogP contribution in [-0.2, 0) is 14.8 Å². The summed E-state index contributed by atoms with van der Waals surface area (Å²) in [5.41, 5.74) is 1.46. The van der Waals surface area contributed by atoms with Gasteiger partial charge >= 0.3 is 0 Å². The van der Waals surface area contributed by atoms with Gasteiger partial charge in [-0.25, -0.2) is 8.42 Å². The number of sulfonamides is 1. The number of carbonyl (C=O) groups is 1. The van der Waals surface area contributed by atoms with Crippen LogP contribution in [0.15, 0.2) is 53.4 Å². The van der Waals surface area contributed by atoms with Crippen molar-refractivity contribution in [1.82, 2.24) is 5.32 Å². The fourth-order valence-electron chi connectivity index (χ4n) is 2.08. The summed E-state index contributed by atoms with van der Waals surface area (Å²) in [5.74, 6) is 0.161. The predicted molar refractivity (Wildman–Crippen MR) is 92.6 cm³/mol. The van der Waals surface area contributed by atoms with Gasteiger partial charge in [-0.2, -0.15) is 0 Å². The Morgan fingerprint density at radius 3 is 2.38 bits per heavy atom. The van der Waals surface area contributed by atoms with Crippen molar-refractivity contribution in [2.45, 2.75) is 24.8 Å². The van der Waals surface area contributed by atoms with Gasteiger partial charge in [0.25, 0.3) is 15.9 Å². The Hall–Kier alpha value is -2.54. The average Bonchev–Trinajstić information content (AvgIpc) is 2.54. The molecule has 0 heterocycles. The highest BCUT2D eigenvalue weighted by Gasteiger charge is 2.16. The number of carbonyl (C=O) groups excluding carboxylic acids is 1. The van der Waals surface area contributed by atoms with E-state index < -0.39 is 16.1 Å². The van der Waals surface area contributed by atoms with Crippen LogP contribution in [0.4, 0.5) is 5.69 Å². The zero-order valence-corrected chi connectivity index (χ0v) is 14.6. The van der Waals surface area contributed by atoms with E-state index in [9.17, 15) is 13.2 Å². The summed E-state index contributed by atoms with van der Waals surface area (Å²) in [6.45, 7) is 3.50. The summed E-state index contributed by atoms with van der Waals surface area (Å²) in [6, 6.07) is 13.0. The summed E-state index contributed by atoms with van der Waals surface area (Å²) >= 11 is 0. The van der Waals surface area contributed by atoms with E-state index in [0.29, 0.717) is 11.4 Å². The molecule has 128 valence electrons. The molecule has 0 aliphatic rings. The molecule has 1 atom stereocenters. The van der Waals surface area contributed by atoms with Gasteiger partial charge in [0, 0.05) is 12.7 Å². The lowest BCUT2D eigenvalue weighted by Gasteiger charge is -2.14. The molecule has 0 aliphatic heterocycles. The molecule has 24 heavy (non-hydrogen) atoms. The molecular formula is C17H20N2O4S. The van der Waals surface area contributed by atoms with Crippen LogP contribution in [0.3, 0.4) is 0 Å². The van der Waals surface area contributed by atoms with Crippen LogP contribution in [0.2, 0.25) is 0 Å². The van der Waals surface area contributed by atoms with Gasteiger partial charge < -0.3 is 10.1 Å². The number of rotatable bonds is 6. The van der Waals surface area contributed by atoms with Gasteiger partial charge in [0.2, 0.25) is 0 Å². The van der Waals surface area contributed by atoms with Crippen LogP contribution >= 0.6 is 0 Å². The van der Waals surface area contributed by atoms with E-state index in [1.807, 2.05) is 13.0 Å². The van der Waals surface area contributed by atoms with E-state index in [2.05, 4.69) is 10.0 Å². The first-order chi connectivity index (χ1) is 11.3. The van der Waals surface area contributed by atoms with E-state index in [0.717, 1.165) is 5.56 Å². The fourth-order valence-corrected chi connectivity index (χ4v) is 3.13. The van der Waals surface area contributed by atoms with Gasteiger partial charge in [-0.05, 0) is 55.8 Å². The second-order valence-electron chi connectivity index (χ2n) is 5.32. The lowest BCUT2D eigenvalue weighted by atomic mass is 10.2. The molecule has 1 amide bonds. The molecule has 0 bridgehead atoms. The number of ether oxygens (including phenoxy) is 1. The van der Waals surface area contributed by atoms with Crippen LogP contribution in [0.1, 0.15) is 12.5 Å². The maximum Gasteiger partial charge on any atom is 0.261 e. The zero-order valence-electron chi connectivity index (χ0n) is 13.7. The molecular weight excluding hydrogens is 328 g/mol. The minimum Gasteiger partial charge on any atom is -0.481 e. The van der Waals surface area contributed by atoms with Gasteiger partial charge in [0.1, 0.15) is 5.75 Å². The third-order valence-corrected chi connectivity index (χ3v) is 4.73. The molecule has 2 aromatic rings. The maximum atomic E-state index is 12.4. The highest BCUT2D eigenvalue weighted by molar-refractivity contribution is 7.92. The Kier molecular flexibility index (Phi) is 5.46. The van der Waals surface area contributed by atoms with E-state index in [1.54, 1.807) is 25.1 Å². The third kappa shape index (κ3) is 4.48. The number of aryl methyl sites for hydroxylation is 1. The van der Waals surface area contributed by atoms with Gasteiger partial charge in [-0.1, -0.05) is 12.1 Å². The lowest BCUT2D eigenvalue weighted by molar-refractivity contribution is -0.126. The molecule has 7 heteroatoms. The quantitative estimate of drug-likeness (QED) is 0.839.